The van der Waals surface area contributed by atoms with Gasteiger partial charge in [0.1, 0.15) is 18.6 Å². The highest BCUT2D eigenvalue weighted by Crippen LogP contribution is 2.02. The molecule has 0 aliphatic carbocycles. The molecule has 0 bridgehead atoms. The fourth-order valence-electron chi connectivity index (χ4n) is 1.81. The summed E-state index contributed by atoms with van der Waals surface area (Å²) in [4.78, 5) is 68.3. The van der Waals surface area contributed by atoms with E-state index in [1.807, 2.05) is 5.32 Å². The Labute approximate surface area is 153 Å². The van der Waals surface area contributed by atoms with Gasteiger partial charge in [0.2, 0.25) is 23.6 Å². The van der Waals surface area contributed by atoms with Crippen LogP contribution in [0.1, 0.15) is 26.2 Å². The van der Waals surface area contributed by atoms with Crippen molar-refractivity contribution in [2.24, 2.45) is 11.5 Å². The van der Waals surface area contributed by atoms with Crippen LogP contribution >= 0.6 is 0 Å². The minimum absolute atomic E-state index is 0.306. The molecule has 27 heavy (non-hydrogen) atoms. The van der Waals surface area contributed by atoms with Crippen molar-refractivity contribution in [3.05, 3.63) is 0 Å². The minimum atomic E-state index is -1.51. The summed E-state index contributed by atoms with van der Waals surface area (Å²) >= 11 is 0. The van der Waals surface area contributed by atoms with Crippen LogP contribution in [0.25, 0.3) is 0 Å². The number of hydrogen-bond acceptors (Lipinski definition) is 7. The van der Waals surface area contributed by atoms with Crippen LogP contribution in [0.4, 0.5) is 0 Å². The molecular weight excluding hydrogens is 366 g/mol. The normalized spacial score (nSPS) is 13.6. The molecule has 0 aromatic rings. The Morgan fingerprint density at radius 3 is 1.89 bits per heavy atom. The first-order valence-corrected chi connectivity index (χ1v) is 7.80. The van der Waals surface area contributed by atoms with Gasteiger partial charge in [-0.05, 0) is 13.3 Å². The fraction of sp³-hybridized carbons (Fsp3) is 0.571. The molecule has 0 rings (SSSR count). The van der Waals surface area contributed by atoms with E-state index in [0.717, 1.165) is 0 Å². The zero-order valence-corrected chi connectivity index (χ0v) is 14.6. The second kappa shape index (κ2) is 11.4. The van der Waals surface area contributed by atoms with Crippen molar-refractivity contribution in [3.8, 4) is 0 Å². The number of rotatable bonds is 12. The number of carbonyl (C=O) groups is 6. The Kier molecular flexibility index (Phi) is 10.0. The van der Waals surface area contributed by atoms with Gasteiger partial charge in [0.15, 0.2) is 0 Å². The number of primary amides is 1. The van der Waals surface area contributed by atoms with Gasteiger partial charge in [0.25, 0.3) is 0 Å². The number of amides is 4. The number of carbonyl (C=O) groups excluding carboxylic acids is 4. The summed E-state index contributed by atoms with van der Waals surface area (Å²) in [6.45, 7) is 0.588. The quantitative estimate of drug-likeness (QED) is 0.173. The van der Waals surface area contributed by atoms with Gasteiger partial charge in [0.05, 0.1) is 12.5 Å². The molecule has 3 atom stereocenters. The van der Waals surface area contributed by atoms with Gasteiger partial charge >= 0.3 is 11.9 Å². The summed E-state index contributed by atoms with van der Waals surface area (Å²) in [5.41, 5.74) is 10.4. The second-order valence-electron chi connectivity index (χ2n) is 5.63. The van der Waals surface area contributed by atoms with Crippen LogP contribution in [-0.2, 0) is 28.8 Å². The van der Waals surface area contributed by atoms with E-state index < -0.39 is 73.1 Å². The van der Waals surface area contributed by atoms with Gasteiger partial charge < -0.3 is 37.6 Å². The molecule has 0 aliphatic rings. The molecule has 9 N–H and O–H groups in total. The third-order valence-electron chi connectivity index (χ3n) is 3.15. The lowest BCUT2D eigenvalue weighted by Crippen LogP contribution is -2.56. The van der Waals surface area contributed by atoms with E-state index in [1.165, 1.54) is 6.92 Å². The van der Waals surface area contributed by atoms with Crippen molar-refractivity contribution in [2.75, 3.05) is 6.54 Å². The molecule has 0 fully saturated rings. The van der Waals surface area contributed by atoms with Crippen LogP contribution in [0, 0.1) is 0 Å². The Morgan fingerprint density at radius 2 is 1.44 bits per heavy atom. The Balaban J connectivity index is 5.21. The van der Waals surface area contributed by atoms with Crippen LogP contribution < -0.4 is 27.4 Å². The number of carboxylic acid groups (broad SMARTS) is 2. The maximum atomic E-state index is 12.3. The predicted molar refractivity (Wildman–Crippen MR) is 88.8 cm³/mol. The zero-order valence-electron chi connectivity index (χ0n) is 14.6. The minimum Gasteiger partial charge on any atom is -0.481 e. The Morgan fingerprint density at radius 1 is 0.889 bits per heavy atom. The van der Waals surface area contributed by atoms with E-state index in [1.54, 1.807) is 0 Å². The third-order valence-corrected chi connectivity index (χ3v) is 3.15. The van der Waals surface area contributed by atoms with E-state index in [-0.39, 0.29) is 6.42 Å². The summed E-state index contributed by atoms with van der Waals surface area (Å²) in [6, 6.07) is -3.83. The molecule has 0 aromatic carbocycles. The molecule has 0 radical (unpaired) electrons. The Bertz CT molecular complexity index is 606. The highest BCUT2D eigenvalue weighted by Gasteiger charge is 2.29. The molecule has 0 aromatic heterocycles. The van der Waals surface area contributed by atoms with Gasteiger partial charge in [-0.2, -0.15) is 0 Å². The molecule has 13 nitrogen and oxygen atoms in total. The van der Waals surface area contributed by atoms with E-state index in [2.05, 4.69) is 10.6 Å². The van der Waals surface area contributed by atoms with E-state index in [9.17, 15) is 28.8 Å². The van der Waals surface area contributed by atoms with Gasteiger partial charge in [0, 0.05) is 6.42 Å². The van der Waals surface area contributed by atoms with Crippen molar-refractivity contribution < 1.29 is 39.0 Å². The molecule has 4 amide bonds. The topological polar surface area (TPSA) is 231 Å². The van der Waals surface area contributed by atoms with Crippen molar-refractivity contribution >= 4 is 35.6 Å². The molecule has 0 heterocycles. The summed E-state index contributed by atoms with van der Waals surface area (Å²) in [7, 11) is 0. The number of nitrogens with two attached hydrogens (primary N) is 2. The van der Waals surface area contributed by atoms with Gasteiger partial charge in [-0.3, -0.25) is 28.8 Å². The van der Waals surface area contributed by atoms with E-state index >= 15 is 0 Å². The van der Waals surface area contributed by atoms with Gasteiger partial charge in [-0.15, -0.1) is 0 Å². The van der Waals surface area contributed by atoms with Crippen LogP contribution in [0.15, 0.2) is 0 Å². The summed E-state index contributed by atoms with van der Waals surface area (Å²) in [5, 5.41) is 23.7. The molecule has 0 saturated carbocycles. The summed E-state index contributed by atoms with van der Waals surface area (Å²) in [5.74, 6) is -6.21. The van der Waals surface area contributed by atoms with Gasteiger partial charge in [-0.1, -0.05) is 0 Å². The smallest absolute Gasteiger partial charge is 0.322 e. The molecule has 0 spiro atoms. The number of nitrogens with one attached hydrogen (secondary N) is 3. The van der Waals surface area contributed by atoms with Crippen molar-refractivity contribution in [1.29, 1.82) is 0 Å². The molecule has 0 unspecified atom stereocenters. The van der Waals surface area contributed by atoms with Crippen molar-refractivity contribution in [2.45, 2.75) is 44.3 Å². The number of hydrogen-bond donors (Lipinski definition) is 7. The first-order valence-electron chi connectivity index (χ1n) is 7.80. The zero-order chi connectivity index (χ0) is 21.1. The van der Waals surface area contributed by atoms with Crippen LogP contribution in [-0.4, -0.2) is 70.5 Å². The Hall–Kier alpha value is -3.22. The molecule has 0 saturated heterocycles. The van der Waals surface area contributed by atoms with E-state index in [0.29, 0.717) is 0 Å². The first kappa shape index (κ1) is 23.8. The maximum Gasteiger partial charge on any atom is 0.322 e. The maximum absolute atomic E-state index is 12.3. The highest BCUT2D eigenvalue weighted by molar-refractivity contribution is 5.95. The molecular formula is C14H23N5O8. The highest BCUT2D eigenvalue weighted by atomic mass is 16.4. The monoisotopic (exact) mass is 389 g/mol. The fourth-order valence-corrected chi connectivity index (χ4v) is 1.81. The van der Waals surface area contributed by atoms with Crippen LogP contribution in [0.2, 0.25) is 0 Å². The van der Waals surface area contributed by atoms with E-state index in [4.69, 9.17) is 21.7 Å². The van der Waals surface area contributed by atoms with Crippen LogP contribution in [0.5, 0.6) is 0 Å². The molecule has 152 valence electrons. The largest absolute Gasteiger partial charge is 0.481 e. The second-order valence-corrected chi connectivity index (χ2v) is 5.63. The first-order chi connectivity index (χ1) is 12.4. The predicted octanol–water partition coefficient (Wildman–Crippen LogP) is -3.76. The lowest BCUT2D eigenvalue weighted by molar-refractivity contribution is -0.138. The average molecular weight is 389 g/mol. The molecule has 13 heteroatoms. The lowest BCUT2D eigenvalue weighted by Gasteiger charge is -2.22. The summed E-state index contributed by atoms with van der Waals surface area (Å²) in [6.07, 6.45) is -1.41. The molecule has 0 aliphatic heterocycles. The standard InChI is InChI=1S/C14H23N5O8/c1-6(15)12(25)18-7(2-3-10(21)22)14(27)19-8(4-9(16)20)13(26)17-5-11(23)24/h6-8H,2-5,15H2,1H3,(H2,16,20)(H,17,26)(H,18,25)(H,19,27)(H,21,22)(H,23,24)/t6-,7-,8-/m0/s1. The average Bonchev–Trinajstić information content (AvgIpc) is 2.54. The number of carboxylic acids is 2. The van der Waals surface area contributed by atoms with Crippen LogP contribution in [0.3, 0.4) is 0 Å². The SMILES string of the molecule is C[C@H](N)C(=O)N[C@@H](CCC(=O)O)C(=O)N[C@@H](CC(N)=O)C(=O)NCC(=O)O. The third kappa shape index (κ3) is 10.4. The van der Waals surface area contributed by atoms with Crippen molar-refractivity contribution in [1.82, 2.24) is 16.0 Å². The number of aliphatic carboxylic acids is 2. The lowest BCUT2D eigenvalue weighted by atomic mass is 10.1. The van der Waals surface area contributed by atoms with Crippen molar-refractivity contribution in [3.63, 3.8) is 0 Å². The summed E-state index contributed by atoms with van der Waals surface area (Å²) < 4.78 is 0. The van der Waals surface area contributed by atoms with Gasteiger partial charge in [-0.25, -0.2) is 0 Å².